The van der Waals surface area contributed by atoms with E-state index in [1.165, 1.54) is 44.4 Å². The highest BCUT2D eigenvalue weighted by Gasteiger charge is 2.24. The van der Waals surface area contributed by atoms with Crippen LogP contribution in [0.1, 0.15) is 68.8 Å². The van der Waals surface area contributed by atoms with Crippen LogP contribution in [-0.2, 0) is 33.4 Å². The van der Waals surface area contributed by atoms with Crippen LogP contribution >= 0.6 is 11.3 Å². The molecule has 0 aliphatic carbocycles. The van der Waals surface area contributed by atoms with Crippen LogP contribution in [0.2, 0.25) is 0 Å². The smallest absolute Gasteiger partial charge is 0.311 e. The Balaban J connectivity index is 1.27. The van der Waals surface area contributed by atoms with E-state index >= 15 is 0 Å². The molecule has 3 aromatic carbocycles. The number of nitrogens with zero attached hydrogens (tertiary/aromatic N) is 1. The summed E-state index contributed by atoms with van der Waals surface area (Å²) in [5.74, 6) is -1.27. The lowest BCUT2D eigenvalue weighted by molar-refractivity contribution is -0.166. The van der Waals surface area contributed by atoms with E-state index < -0.39 is 35.9 Å². The zero-order valence-electron chi connectivity index (χ0n) is 31.6. The van der Waals surface area contributed by atoms with Gasteiger partial charge in [-0.15, -0.1) is 11.3 Å². The molecule has 0 bridgehead atoms. The van der Waals surface area contributed by atoms with Gasteiger partial charge in [0.15, 0.2) is 11.9 Å². The van der Waals surface area contributed by atoms with Crippen LogP contribution in [0.5, 0.6) is 17.2 Å². The molecule has 13 heteroatoms. The predicted molar refractivity (Wildman–Crippen MR) is 207 cm³/mol. The summed E-state index contributed by atoms with van der Waals surface area (Å²) in [4.78, 5) is 65.4. The molecule has 1 aliphatic heterocycles. The molecule has 1 aromatic heterocycles. The second kappa shape index (κ2) is 19.9. The van der Waals surface area contributed by atoms with Gasteiger partial charge in [0.2, 0.25) is 0 Å². The minimum Gasteiger partial charge on any atom is -0.497 e. The minimum absolute atomic E-state index is 0.0884. The standard InChI is InChI=1S/C42H47NO11S/c1-27(23-39(47)54-35(25-51-28(2)44)26-52-29(3)45)22-38(46)53-34-16-17-36-37(24-34)55-42(31-10-12-32(49-4)13-11-31)40(36)41(48)30-8-14-33(15-9-30)50-21-20-43-18-6-5-7-19-43/h8-17,24,27,35H,5-7,18-23,25-26H2,1-4H3. The van der Waals surface area contributed by atoms with Crippen LogP contribution in [0.4, 0.5) is 0 Å². The molecule has 0 N–H and O–H groups in total. The van der Waals surface area contributed by atoms with Gasteiger partial charge in [-0.1, -0.05) is 13.3 Å². The quantitative estimate of drug-likeness (QED) is 0.0443. The summed E-state index contributed by atoms with van der Waals surface area (Å²) < 4.78 is 32.9. The maximum atomic E-state index is 14.2. The van der Waals surface area contributed by atoms with Gasteiger partial charge in [-0.25, -0.2) is 0 Å². The van der Waals surface area contributed by atoms with E-state index in [9.17, 15) is 24.0 Å². The first-order valence-electron chi connectivity index (χ1n) is 18.4. The van der Waals surface area contributed by atoms with Gasteiger partial charge in [-0.05, 0) is 104 Å². The Labute approximate surface area is 324 Å². The maximum absolute atomic E-state index is 14.2. The topological polar surface area (TPSA) is 144 Å². The van der Waals surface area contributed by atoms with Crippen molar-refractivity contribution >= 4 is 51.1 Å². The molecular weight excluding hydrogens is 727 g/mol. The lowest BCUT2D eigenvalue weighted by Gasteiger charge is -2.26. The zero-order chi connectivity index (χ0) is 39.3. The Hall–Kier alpha value is -5.27. The molecule has 5 rings (SSSR count). The van der Waals surface area contributed by atoms with E-state index in [2.05, 4.69) is 4.90 Å². The fourth-order valence-electron chi connectivity index (χ4n) is 6.22. The fourth-order valence-corrected chi connectivity index (χ4v) is 7.45. The molecule has 55 heavy (non-hydrogen) atoms. The molecule has 0 radical (unpaired) electrons. The van der Waals surface area contributed by atoms with Crippen LogP contribution in [-0.4, -0.2) is 87.2 Å². The van der Waals surface area contributed by atoms with Gasteiger partial charge in [-0.2, -0.15) is 0 Å². The van der Waals surface area contributed by atoms with Gasteiger partial charge < -0.3 is 28.4 Å². The number of likely N-dealkylation sites (tertiary alicyclic amines) is 1. The number of ketones is 1. The van der Waals surface area contributed by atoms with Crippen LogP contribution in [0, 0.1) is 5.92 Å². The first-order valence-corrected chi connectivity index (χ1v) is 19.2. The average molecular weight is 774 g/mol. The fraction of sp³-hybridized carbons (Fsp3) is 0.405. The number of methoxy groups -OCH3 is 1. The molecule has 4 aromatic rings. The highest BCUT2D eigenvalue weighted by molar-refractivity contribution is 7.22. The summed E-state index contributed by atoms with van der Waals surface area (Å²) in [7, 11) is 1.59. The monoisotopic (exact) mass is 773 g/mol. The number of esters is 4. The van der Waals surface area contributed by atoms with E-state index in [0.717, 1.165) is 40.2 Å². The van der Waals surface area contributed by atoms with Gasteiger partial charge >= 0.3 is 23.9 Å². The van der Waals surface area contributed by atoms with E-state index in [0.29, 0.717) is 35.0 Å². The Morgan fingerprint density at radius 1 is 0.764 bits per heavy atom. The molecule has 292 valence electrons. The summed E-state index contributed by atoms with van der Waals surface area (Å²) in [5, 5.41) is 0.718. The van der Waals surface area contributed by atoms with E-state index in [1.807, 2.05) is 36.4 Å². The summed E-state index contributed by atoms with van der Waals surface area (Å²) in [6.07, 6.45) is 2.54. The molecule has 1 atom stereocenters. The van der Waals surface area contributed by atoms with Gasteiger partial charge in [0.1, 0.15) is 37.1 Å². The number of ether oxygens (including phenoxy) is 6. The summed E-state index contributed by atoms with van der Waals surface area (Å²) >= 11 is 1.42. The third-order valence-electron chi connectivity index (χ3n) is 8.99. The van der Waals surface area contributed by atoms with E-state index in [1.54, 1.807) is 44.4 Å². The van der Waals surface area contributed by atoms with Crippen LogP contribution in [0.25, 0.3) is 20.5 Å². The number of carbonyl (C=O) groups is 5. The zero-order valence-corrected chi connectivity index (χ0v) is 32.4. The highest BCUT2D eigenvalue weighted by Crippen LogP contribution is 2.42. The van der Waals surface area contributed by atoms with Crippen molar-refractivity contribution in [3.8, 4) is 27.7 Å². The molecule has 1 fully saturated rings. The van der Waals surface area contributed by atoms with E-state index in [4.69, 9.17) is 28.4 Å². The number of rotatable bonds is 18. The van der Waals surface area contributed by atoms with Crippen molar-refractivity contribution in [2.45, 2.75) is 59.0 Å². The van der Waals surface area contributed by atoms with Crippen LogP contribution in [0.15, 0.2) is 66.7 Å². The van der Waals surface area contributed by atoms with Crippen molar-refractivity contribution in [3.63, 3.8) is 0 Å². The lowest BCUT2D eigenvalue weighted by atomic mass is 9.97. The first-order chi connectivity index (χ1) is 26.5. The predicted octanol–water partition coefficient (Wildman–Crippen LogP) is 7.03. The molecule has 1 saturated heterocycles. The molecular formula is C42H47NO11S. The van der Waals surface area contributed by atoms with Gasteiger partial charge in [0.05, 0.1) is 7.11 Å². The summed E-state index contributed by atoms with van der Waals surface area (Å²) in [5.41, 5.74) is 1.89. The molecule has 1 aliphatic rings. The minimum atomic E-state index is -0.982. The third-order valence-corrected chi connectivity index (χ3v) is 10.2. The van der Waals surface area contributed by atoms with Crippen LogP contribution < -0.4 is 14.2 Å². The van der Waals surface area contributed by atoms with Crippen molar-refractivity contribution in [1.82, 2.24) is 4.90 Å². The van der Waals surface area contributed by atoms with Crippen LogP contribution in [0.3, 0.4) is 0 Å². The SMILES string of the molecule is COc1ccc(-c2sc3cc(OC(=O)CC(C)CC(=O)OC(COC(C)=O)COC(C)=O)ccc3c2C(=O)c2ccc(OCCN3CCCCC3)cc2)cc1. The van der Waals surface area contributed by atoms with E-state index in [-0.39, 0.29) is 31.8 Å². The Morgan fingerprint density at radius 2 is 1.38 bits per heavy atom. The maximum Gasteiger partial charge on any atom is 0.311 e. The summed E-state index contributed by atoms with van der Waals surface area (Å²) in [6, 6.07) is 19.9. The molecule has 0 spiro atoms. The number of benzene rings is 3. The average Bonchev–Trinajstić information content (AvgIpc) is 3.54. The molecule has 12 nitrogen and oxygen atoms in total. The van der Waals surface area contributed by atoms with Crippen molar-refractivity contribution < 1.29 is 52.4 Å². The Bertz CT molecular complexity index is 1930. The second-order valence-electron chi connectivity index (χ2n) is 13.5. The largest absolute Gasteiger partial charge is 0.497 e. The number of fused-ring (bicyclic) bond motifs is 1. The number of hydrogen-bond donors (Lipinski definition) is 0. The third kappa shape index (κ3) is 12.1. The second-order valence-corrected chi connectivity index (χ2v) is 14.6. The number of hydrogen-bond acceptors (Lipinski definition) is 13. The number of carbonyl (C=O) groups excluding carboxylic acids is 5. The normalized spacial score (nSPS) is 13.5. The Morgan fingerprint density at radius 3 is 2.02 bits per heavy atom. The van der Waals surface area contributed by atoms with Gasteiger partial charge in [-0.3, -0.25) is 28.9 Å². The Kier molecular flexibility index (Phi) is 14.8. The number of piperidine rings is 1. The first kappa shape index (κ1) is 40.9. The number of thiophene rings is 1. The molecule has 1 unspecified atom stereocenters. The van der Waals surface area contributed by atoms with Crippen molar-refractivity contribution in [3.05, 3.63) is 77.9 Å². The van der Waals surface area contributed by atoms with Gasteiger partial charge in [0, 0.05) is 59.3 Å². The van der Waals surface area contributed by atoms with Gasteiger partial charge in [0.25, 0.3) is 0 Å². The van der Waals surface area contributed by atoms with Crippen molar-refractivity contribution in [1.29, 1.82) is 0 Å². The molecule has 2 heterocycles. The van der Waals surface area contributed by atoms with Crippen molar-refractivity contribution in [2.75, 3.05) is 46.6 Å². The highest BCUT2D eigenvalue weighted by atomic mass is 32.1. The molecule has 0 amide bonds. The van der Waals surface area contributed by atoms with Crippen molar-refractivity contribution in [2.24, 2.45) is 5.92 Å². The summed E-state index contributed by atoms with van der Waals surface area (Å²) in [6.45, 7) is 7.24. The lowest BCUT2D eigenvalue weighted by Crippen LogP contribution is -2.33. The molecule has 0 saturated carbocycles.